The van der Waals surface area contributed by atoms with Crippen LogP contribution in [0.2, 0.25) is 0 Å². The van der Waals surface area contributed by atoms with Crippen LogP contribution in [-0.2, 0) is 21.0 Å². The van der Waals surface area contributed by atoms with Gasteiger partial charge in [-0.3, -0.25) is 9.59 Å². The first-order chi connectivity index (χ1) is 8.38. The number of carbonyl (C=O) groups is 2. The zero-order valence-corrected chi connectivity index (χ0v) is 10.7. The minimum absolute atomic E-state index is 0.0141. The van der Waals surface area contributed by atoms with E-state index in [1.807, 2.05) is 0 Å². The van der Waals surface area contributed by atoms with Gasteiger partial charge in [-0.25, -0.2) is 4.21 Å². The summed E-state index contributed by atoms with van der Waals surface area (Å²) in [5.41, 5.74) is 0.982. The molecule has 0 fully saturated rings. The molecular formula is C11H12NO5S-. The van der Waals surface area contributed by atoms with E-state index in [-0.39, 0.29) is 23.6 Å². The highest BCUT2D eigenvalue weighted by Crippen LogP contribution is 2.26. The molecule has 18 heavy (non-hydrogen) atoms. The van der Waals surface area contributed by atoms with E-state index in [1.54, 1.807) is 13.0 Å². The van der Waals surface area contributed by atoms with Gasteiger partial charge in [0.15, 0.2) is 5.75 Å². The Balaban J connectivity index is 2.90. The van der Waals surface area contributed by atoms with E-state index in [1.165, 1.54) is 19.1 Å². The monoisotopic (exact) mass is 270 g/mol. The molecule has 0 aliphatic heterocycles. The molecule has 0 aliphatic rings. The summed E-state index contributed by atoms with van der Waals surface area (Å²) in [6.07, 6.45) is -0.270. The van der Waals surface area contributed by atoms with Crippen LogP contribution in [0.5, 0.6) is 5.75 Å². The van der Waals surface area contributed by atoms with Gasteiger partial charge in [0, 0.05) is 0 Å². The van der Waals surface area contributed by atoms with Gasteiger partial charge in [0.2, 0.25) is 5.91 Å². The molecule has 0 aromatic heterocycles. The van der Waals surface area contributed by atoms with Crippen LogP contribution in [0.1, 0.15) is 18.9 Å². The molecule has 1 rings (SSSR count). The molecule has 7 heteroatoms. The molecule has 1 amide bonds. The van der Waals surface area contributed by atoms with Gasteiger partial charge < -0.3 is 14.1 Å². The number of ketones is 1. The number of rotatable bonds is 5. The van der Waals surface area contributed by atoms with Crippen molar-refractivity contribution < 1.29 is 22.5 Å². The second kappa shape index (κ2) is 6.27. The summed E-state index contributed by atoms with van der Waals surface area (Å²) in [5, 5.41) is 2.42. The first-order valence-corrected chi connectivity index (χ1v) is 6.06. The minimum Gasteiger partial charge on any atom is -0.740 e. The molecule has 0 saturated carbocycles. The van der Waals surface area contributed by atoms with Gasteiger partial charge in [0.1, 0.15) is 17.1 Å². The summed E-state index contributed by atoms with van der Waals surface area (Å²) in [7, 11) is 0. The number of carbonyl (C=O) groups excluding carboxylic acids is 2. The molecule has 1 aromatic rings. The van der Waals surface area contributed by atoms with Crippen molar-refractivity contribution in [2.75, 3.05) is 5.32 Å². The van der Waals surface area contributed by atoms with E-state index < -0.39 is 17.3 Å². The van der Waals surface area contributed by atoms with Crippen molar-refractivity contribution in [3.05, 3.63) is 23.8 Å². The maximum Gasteiger partial charge on any atom is 0.231 e. The van der Waals surface area contributed by atoms with Crippen molar-refractivity contribution in [2.45, 2.75) is 20.3 Å². The van der Waals surface area contributed by atoms with Crippen molar-refractivity contribution >= 4 is 28.7 Å². The van der Waals surface area contributed by atoms with E-state index in [0.29, 0.717) is 0 Å². The molecule has 1 N–H and O–H groups in total. The summed E-state index contributed by atoms with van der Waals surface area (Å²) in [6, 6.07) is 4.67. The Kier molecular flexibility index (Phi) is 4.99. The number of benzene rings is 1. The van der Waals surface area contributed by atoms with Gasteiger partial charge in [-0.2, -0.15) is 0 Å². The van der Waals surface area contributed by atoms with Crippen LogP contribution in [0, 0.1) is 6.92 Å². The number of anilines is 1. The summed E-state index contributed by atoms with van der Waals surface area (Å²) < 4.78 is 25.6. The first kappa shape index (κ1) is 14.3. The van der Waals surface area contributed by atoms with E-state index in [0.717, 1.165) is 5.56 Å². The predicted molar refractivity (Wildman–Crippen MR) is 64.7 cm³/mol. The number of aryl methyl sites for hydroxylation is 1. The number of amides is 1. The summed E-state index contributed by atoms with van der Waals surface area (Å²) in [5.74, 6) is -0.789. The Bertz CT molecular complexity index is 500. The van der Waals surface area contributed by atoms with E-state index in [4.69, 9.17) is 0 Å². The summed E-state index contributed by atoms with van der Waals surface area (Å²) in [4.78, 5) is 22.2. The average molecular weight is 270 g/mol. The Morgan fingerprint density at radius 1 is 1.44 bits per heavy atom. The second-order valence-corrected chi connectivity index (χ2v) is 4.29. The largest absolute Gasteiger partial charge is 0.740 e. The third-order valence-corrected chi connectivity index (χ3v) is 2.29. The molecule has 0 radical (unpaired) electrons. The van der Waals surface area contributed by atoms with Crippen LogP contribution >= 0.6 is 0 Å². The van der Waals surface area contributed by atoms with Gasteiger partial charge in [0.25, 0.3) is 0 Å². The zero-order valence-electron chi connectivity index (χ0n) is 9.89. The van der Waals surface area contributed by atoms with Crippen molar-refractivity contribution in [2.24, 2.45) is 0 Å². The standard InChI is InChI=1S/C11H13NO5S/c1-7-3-4-9(10(5-7)17-18(15)16)12-11(14)6-8(2)13/h3-5H,6H2,1-2H3,(H,12,14)(H,15,16)/p-1. The Morgan fingerprint density at radius 2 is 2.11 bits per heavy atom. The van der Waals surface area contributed by atoms with Crippen molar-refractivity contribution in [3.63, 3.8) is 0 Å². The van der Waals surface area contributed by atoms with Crippen molar-refractivity contribution in [1.82, 2.24) is 0 Å². The van der Waals surface area contributed by atoms with E-state index >= 15 is 0 Å². The molecule has 0 aliphatic carbocycles. The van der Waals surface area contributed by atoms with Crippen LogP contribution in [0.4, 0.5) is 5.69 Å². The van der Waals surface area contributed by atoms with Crippen LogP contribution in [-0.4, -0.2) is 20.5 Å². The van der Waals surface area contributed by atoms with Gasteiger partial charge in [0.05, 0.1) is 12.1 Å². The molecule has 1 unspecified atom stereocenters. The Labute approximate surface area is 107 Å². The number of nitrogens with one attached hydrogen (secondary N) is 1. The Hall–Kier alpha value is -1.73. The van der Waals surface area contributed by atoms with E-state index in [2.05, 4.69) is 9.50 Å². The zero-order chi connectivity index (χ0) is 13.7. The highest BCUT2D eigenvalue weighted by molar-refractivity contribution is 7.74. The predicted octanol–water partition coefficient (Wildman–Crippen LogP) is 1.09. The lowest BCUT2D eigenvalue weighted by atomic mass is 10.2. The molecule has 0 heterocycles. The number of hydrogen-bond acceptors (Lipinski definition) is 5. The lowest BCUT2D eigenvalue weighted by Crippen LogP contribution is -2.15. The fourth-order valence-electron chi connectivity index (χ4n) is 1.30. The van der Waals surface area contributed by atoms with Crippen LogP contribution in [0.25, 0.3) is 0 Å². The Morgan fingerprint density at radius 3 is 2.67 bits per heavy atom. The number of Topliss-reactive ketones (excluding diaryl/α,β-unsaturated/α-hetero) is 1. The van der Waals surface area contributed by atoms with Crippen molar-refractivity contribution in [3.8, 4) is 5.75 Å². The maximum absolute atomic E-state index is 11.4. The summed E-state index contributed by atoms with van der Waals surface area (Å²) in [6.45, 7) is 3.04. The van der Waals surface area contributed by atoms with Gasteiger partial charge >= 0.3 is 0 Å². The van der Waals surface area contributed by atoms with Gasteiger partial charge in [-0.15, -0.1) is 0 Å². The SMILES string of the molecule is CC(=O)CC(=O)Nc1ccc(C)cc1OS(=O)[O-]. The quantitative estimate of drug-likeness (QED) is 0.638. The lowest BCUT2D eigenvalue weighted by Gasteiger charge is -2.13. The normalized spacial score (nSPS) is 11.7. The molecular weight excluding hydrogens is 258 g/mol. The highest BCUT2D eigenvalue weighted by Gasteiger charge is 2.10. The first-order valence-electron chi connectivity index (χ1n) is 5.06. The maximum atomic E-state index is 11.4. The lowest BCUT2D eigenvalue weighted by molar-refractivity contribution is -0.124. The topological polar surface area (TPSA) is 95.5 Å². The van der Waals surface area contributed by atoms with Crippen molar-refractivity contribution in [1.29, 1.82) is 0 Å². The minimum atomic E-state index is -2.73. The fraction of sp³-hybridized carbons (Fsp3) is 0.273. The molecule has 0 saturated heterocycles. The van der Waals surface area contributed by atoms with Gasteiger partial charge in [-0.05, 0) is 31.5 Å². The molecule has 6 nitrogen and oxygen atoms in total. The average Bonchev–Trinajstić information content (AvgIpc) is 2.20. The van der Waals surface area contributed by atoms with Crippen LogP contribution < -0.4 is 9.50 Å². The molecule has 0 bridgehead atoms. The van der Waals surface area contributed by atoms with E-state index in [9.17, 15) is 18.4 Å². The smallest absolute Gasteiger partial charge is 0.231 e. The molecule has 1 atom stereocenters. The molecule has 98 valence electrons. The number of hydrogen-bond donors (Lipinski definition) is 1. The third-order valence-electron chi connectivity index (χ3n) is 1.98. The fourth-order valence-corrected chi connectivity index (χ4v) is 1.58. The molecule has 1 aromatic carbocycles. The van der Waals surface area contributed by atoms with Gasteiger partial charge in [-0.1, -0.05) is 6.07 Å². The molecule has 0 spiro atoms. The van der Waals surface area contributed by atoms with Crippen LogP contribution in [0.15, 0.2) is 18.2 Å². The second-order valence-electron chi connectivity index (χ2n) is 3.71. The highest BCUT2D eigenvalue weighted by atomic mass is 32.2. The third kappa shape index (κ3) is 4.64. The van der Waals surface area contributed by atoms with Crippen LogP contribution in [0.3, 0.4) is 0 Å². The summed E-state index contributed by atoms with van der Waals surface area (Å²) >= 11 is -2.73.